The van der Waals surface area contributed by atoms with Crippen molar-refractivity contribution in [1.82, 2.24) is 0 Å². The topological polar surface area (TPSA) is 29.5 Å². The number of ether oxygens (including phenoxy) is 1. The SMILES string of the molecule is CCCCOc1ccc(C#CCCO)c(C)c1. The number of aryl methyl sites for hydroxylation is 1. The van der Waals surface area contributed by atoms with Crippen LogP contribution in [0.4, 0.5) is 0 Å². The van der Waals surface area contributed by atoms with Gasteiger partial charge in [0, 0.05) is 12.0 Å². The second-order valence-electron chi connectivity index (χ2n) is 3.95. The van der Waals surface area contributed by atoms with Crippen LogP contribution in [-0.4, -0.2) is 18.3 Å². The van der Waals surface area contributed by atoms with Crippen LogP contribution in [-0.2, 0) is 0 Å². The van der Waals surface area contributed by atoms with Gasteiger partial charge in [0.25, 0.3) is 0 Å². The van der Waals surface area contributed by atoms with Crippen LogP contribution in [0.3, 0.4) is 0 Å². The van der Waals surface area contributed by atoms with E-state index in [1.165, 1.54) is 0 Å². The Morgan fingerprint density at radius 1 is 1.35 bits per heavy atom. The Bertz CT molecular complexity index is 399. The van der Waals surface area contributed by atoms with Crippen molar-refractivity contribution < 1.29 is 9.84 Å². The van der Waals surface area contributed by atoms with Gasteiger partial charge in [0.1, 0.15) is 5.75 Å². The summed E-state index contributed by atoms with van der Waals surface area (Å²) in [5.41, 5.74) is 2.12. The van der Waals surface area contributed by atoms with Crippen molar-refractivity contribution in [2.24, 2.45) is 0 Å². The molecular formula is C15H20O2. The molecule has 92 valence electrons. The molecule has 1 rings (SSSR count). The quantitative estimate of drug-likeness (QED) is 0.625. The molecule has 1 N–H and O–H groups in total. The summed E-state index contributed by atoms with van der Waals surface area (Å²) in [7, 11) is 0. The average Bonchev–Trinajstić information content (AvgIpc) is 2.32. The molecule has 0 spiro atoms. The molecule has 1 aromatic rings. The second-order valence-corrected chi connectivity index (χ2v) is 3.95. The van der Waals surface area contributed by atoms with Crippen LogP contribution < -0.4 is 4.74 Å². The van der Waals surface area contributed by atoms with Gasteiger partial charge in [-0.25, -0.2) is 0 Å². The molecule has 0 aliphatic carbocycles. The van der Waals surface area contributed by atoms with Gasteiger partial charge in [-0.3, -0.25) is 0 Å². The average molecular weight is 232 g/mol. The lowest BCUT2D eigenvalue weighted by Gasteiger charge is -2.07. The molecule has 2 nitrogen and oxygen atoms in total. The maximum absolute atomic E-state index is 8.66. The van der Waals surface area contributed by atoms with Gasteiger partial charge in [0.15, 0.2) is 0 Å². The highest BCUT2D eigenvalue weighted by Crippen LogP contribution is 2.16. The second kappa shape index (κ2) is 7.76. The number of aliphatic hydroxyl groups is 1. The molecule has 0 amide bonds. The summed E-state index contributed by atoms with van der Waals surface area (Å²) in [6.07, 6.45) is 2.75. The van der Waals surface area contributed by atoms with Crippen molar-refractivity contribution >= 4 is 0 Å². The minimum atomic E-state index is 0.115. The fourth-order valence-corrected chi connectivity index (χ4v) is 1.41. The van der Waals surface area contributed by atoms with Gasteiger partial charge in [0.05, 0.1) is 13.2 Å². The van der Waals surface area contributed by atoms with Crippen molar-refractivity contribution in [2.75, 3.05) is 13.2 Å². The van der Waals surface area contributed by atoms with E-state index in [4.69, 9.17) is 9.84 Å². The lowest BCUT2D eigenvalue weighted by atomic mass is 10.1. The Hall–Kier alpha value is -1.46. The lowest BCUT2D eigenvalue weighted by Crippen LogP contribution is -1.97. The largest absolute Gasteiger partial charge is 0.494 e. The van der Waals surface area contributed by atoms with E-state index in [0.29, 0.717) is 6.42 Å². The van der Waals surface area contributed by atoms with Gasteiger partial charge in [-0.2, -0.15) is 0 Å². The molecule has 0 atom stereocenters. The third-order valence-corrected chi connectivity index (χ3v) is 2.42. The number of hydrogen-bond acceptors (Lipinski definition) is 2. The molecule has 0 fully saturated rings. The van der Waals surface area contributed by atoms with E-state index < -0.39 is 0 Å². The minimum Gasteiger partial charge on any atom is -0.494 e. The van der Waals surface area contributed by atoms with Gasteiger partial charge in [-0.15, -0.1) is 0 Å². The fraction of sp³-hybridized carbons (Fsp3) is 0.467. The number of rotatable bonds is 5. The van der Waals surface area contributed by atoms with Gasteiger partial charge >= 0.3 is 0 Å². The molecule has 0 aliphatic heterocycles. The highest BCUT2D eigenvalue weighted by molar-refractivity contribution is 5.44. The third-order valence-electron chi connectivity index (χ3n) is 2.42. The molecule has 0 aliphatic rings. The van der Waals surface area contributed by atoms with E-state index in [1.54, 1.807) is 0 Å². The lowest BCUT2D eigenvalue weighted by molar-refractivity contribution is 0.305. The standard InChI is InChI=1S/C15H20O2/c1-3-4-11-17-15-9-8-14(13(2)12-15)7-5-6-10-16/h8-9,12,16H,3-4,6,10-11H2,1-2H3. The number of benzene rings is 1. The fourth-order valence-electron chi connectivity index (χ4n) is 1.41. The van der Waals surface area contributed by atoms with E-state index in [0.717, 1.165) is 36.3 Å². The number of aliphatic hydroxyl groups excluding tert-OH is 1. The zero-order valence-corrected chi connectivity index (χ0v) is 10.6. The molecule has 0 bridgehead atoms. The van der Waals surface area contributed by atoms with Crippen LogP contribution in [0.2, 0.25) is 0 Å². The summed E-state index contributed by atoms with van der Waals surface area (Å²) >= 11 is 0. The summed E-state index contributed by atoms with van der Waals surface area (Å²) < 4.78 is 5.62. The zero-order chi connectivity index (χ0) is 12.5. The van der Waals surface area contributed by atoms with Crippen molar-refractivity contribution in [3.8, 4) is 17.6 Å². The Kier molecular flexibility index (Phi) is 6.21. The van der Waals surface area contributed by atoms with Crippen molar-refractivity contribution in [3.05, 3.63) is 29.3 Å². The monoisotopic (exact) mass is 232 g/mol. The number of unbranched alkanes of at least 4 members (excludes halogenated alkanes) is 1. The normalized spacial score (nSPS) is 9.59. The van der Waals surface area contributed by atoms with E-state index in [-0.39, 0.29) is 6.61 Å². The molecule has 0 saturated heterocycles. The molecule has 0 radical (unpaired) electrons. The smallest absolute Gasteiger partial charge is 0.119 e. The first-order chi connectivity index (χ1) is 8.27. The van der Waals surface area contributed by atoms with Crippen LogP contribution in [0.5, 0.6) is 5.75 Å². The summed E-state index contributed by atoms with van der Waals surface area (Å²) in [6, 6.07) is 5.94. The predicted octanol–water partition coefficient (Wildman–Crippen LogP) is 2.91. The summed E-state index contributed by atoms with van der Waals surface area (Å²) in [5.74, 6) is 6.87. The summed E-state index contributed by atoms with van der Waals surface area (Å²) in [4.78, 5) is 0. The Balaban J connectivity index is 2.63. The van der Waals surface area contributed by atoms with Gasteiger partial charge in [-0.1, -0.05) is 25.2 Å². The molecule has 1 aromatic carbocycles. The molecule has 17 heavy (non-hydrogen) atoms. The Labute approximate surface area is 104 Å². The maximum Gasteiger partial charge on any atom is 0.119 e. The van der Waals surface area contributed by atoms with E-state index in [2.05, 4.69) is 18.8 Å². The first-order valence-corrected chi connectivity index (χ1v) is 6.11. The zero-order valence-electron chi connectivity index (χ0n) is 10.6. The van der Waals surface area contributed by atoms with Crippen molar-refractivity contribution in [3.63, 3.8) is 0 Å². The van der Waals surface area contributed by atoms with Crippen molar-refractivity contribution in [2.45, 2.75) is 33.1 Å². The van der Waals surface area contributed by atoms with Crippen molar-refractivity contribution in [1.29, 1.82) is 0 Å². The van der Waals surface area contributed by atoms with Crippen LogP contribution in [0.1, 0.15) is 37.3 Å². The maximum atomic E-state index is 8.66. The molecule has 0 unspecified atom stereocenters. The highest BCUT2D eigenvalue weighted by atomic mass is 16.5. The van der Waals surface area contributed by atoms with Crippen LogP contribution >= 0.6 is 0 Å². The summed E-state index contributed by atoms with van der Waals surface area (Å²) in [6.45, 7) is 5.06. The molecule has 0 heterocycles. The molecular weight excluding hydrogens is 212 g/mol. The minimum absolute atomic E-state index is 0.115. The van der Waals surface area contributed by atoms with Gasteiger partial charge in [0.2, 0.25) is 0 Å². The predicted molar refractivity (Wildman–Crippen MR) is 70.2 cm³/mol. The summed E-state index contributed by atoms with van der Waals surface area (Å²) in [5, 5.41) is 8.66. The van der Waals surface area contributed by atoms with Gasteiger partial charge in [-0.05, 0) is 37.1 Å². The number of hydrogen-bond donors (Lipinski definition) is 1. The first-order valence-electron chi connectivity index (χ1n) is 6.11. The van der Waals surface area contributed by atoms with E-state index >= 15 is 0 Å². The van der Waals surface area contributed by atoms with E-state index in [9.17, 15) is 0 Å². The van der Waals surface area contributed by atoms with Gasteiger partial charge < -0.3 is 9.84 Å². The van der Waals surface area contributed by atoms with E-state index in [1.807, 2.05) is 25.1 Å². The van der Waals surface area contributed by atoms with Crippen LogP contribution in [0, 0.1) is 18.8 Å². The highest BCUT2D eigenvalue weighted by Gasteiger charge is 1.98. The molecule has 0 saturated carbocycles. The first kappa shape index (κ1) is 13.6. The molecule has 0 aromatic heterocycles. The van der Waals surface area contributed by atoms with Crippen LogP contribution in [0.15, 0.2) is 18.2 Å². The molecule has 2 heteroatoms. The Morgan fingerprint density at radius 2 is 2.18 bits per heavy atom. The third kappa shape index (κ3) is 4.93. The van der Waals surface area contributed by atoms with Crippen LogP contribution in [0.25, 0.3) is 0 Å². The Morgan fingerprint density at radius 3 is 2.82 bits per heavy atom.